The van der Waals surface area contributed by atoms with Crippen molar-refractivity contribution in [3.05, 3.63) is 82.0 Å². The zero-order valence-corrected chi connectivity index (χ0v) is 18.6. The van der Waals surface area contributed by atoms with Crippen LogP contribution in [0.15, 0.2) is 53.8 Å². The number of rotatable bonds is 5. The second kappa shape index (κ2) is 12.7. The summed E-state index contributed by atoms with van der Waals surface area (Å²) in [5.41, 5.74) is 1.39. The lowest BCUT2D eigenvalue weighted by Gasteiger charge is -2.08. The molecule has 0 radical (unpaired) electrons. The van der Waals surface area contributed by atoms with E-state index in [0.29, 0.717) is 22.4 Å². The maximum absolute atomic E-state index is 13.2. The molecule has 0 saturated heterocycles. The van der Waals surface area contributed by atoms with Crippen LogP contribution >= 0.6 is 0 Å². The maximum atomic E-state index is 13.2. The lowest BCUT2D eigenvalue weighted by Crippen LogP contribution is -2.03. The lowest BCUT2D eigenvalue weighted by molar-refractivity contribution is 0.0994. The minimum atomic E-state index is -0.979. The summed E-state index contributed by atoms with van der Waals surface area (Å²) in [6.07, 6.45) is 1.44. The number of nitrogens with zero attached hydrogens (tertiary/aromatic N) is 3. The van der Waals surface area contributed by atoms with Gasteiger partial charge in [-0.05, 0) is 35.4 Å². The van der Waals surface area contributed by atoms with E-state index in [1.165, 1.54) is 22.9 Å². The molecule has 1 aromatic heterocycles. The number of nitriles is 1. The molecule has 0 aliphatic carbocycles. The second-order valence-electron chi connectivity index (χ2n) is 5.98. The number of carbonyl (C=O) groups is 1. The smallest absolute Gasteiger partial charge is 0.333 e. The summed E-state index contributed by atoms with van der Waals surface area (Å²) < 4.78 is 33.3. The zero-order chi connectivity index (χ0) is 24.3. The van der Waals surface area contributed by atoms with Crippen molar-refractivity contribution in [1.82, 2.24) is 4.57 Å². The molecular weight excluding hydrogens is 416 g/mol. The molecule has 1 amide bonds. The van der Waals surface area contributed by atoms with Gasteiger partial charge in [-0.3, -0.25) is 4.79 Å². The molecule has 0 spiro atoms. The SMILES string of the molecule is CC.CC.Cn1cc(C#N)c(-c2ccc(OCc3cc(F)cc(F)c3)cc2)c1C(=O)N=O. The van der Waals surface area contributed by atoms with Gasteiger partial charge in [0.15, 0.2) is 0 Å². The van der Waals surface area contributed by atoms with Gasteiger partial charge in [0, 0.05) is 30.1 Å². The Morgan fingerprint density at radius 2 is 1.62 bits per heavy atom. The van der Waals surface area contributed by atoms with Crippen LogP contribution in [0.1, 0.15) is 49.3 Å². The van der Waals surface area contributed by atoms with Crippen molar-refractivity contribution in [2.45, 2.75) is 34.3 Å². The molecule has 0 bridgehead atoms. The van der Waals surface area contributed by atoms with Gasteiger partial charge in [-0.15, -0.1) is 4.91 Å². The van der Waals surface area contributed by atoms with Gasteiger partial charge in [0.25, 0.3) is 0 Å². The summed E-state index contributed by atoms with van der Waals surface area (Å²) >= 11 is 0. The predicted molar refractivity (Wildman–Crippen MR) is 119 cm³/mol. The van der Waals surface area contributed by atoms with Crippen LogP contribution in [0.2, 0.25) is 0 Å². The molecule has 6 nitrogen and oxygen atoms in total. The highest BCUT2D eigenvalue weighted by Gasteiger charge is 2.22. The minimum absolute atomic E-state index is 0.00968. The predicted octanol–water partition coefficient (Wildman–Crippen LogP) is 6.38. The number of hydrogen-bond acceptors (Lipinski definition) is 4. The summed E-state index contributed by atoms with van der Waals surface area (Å²) in [6, 6.07) is 11.5. The van der Waals surface area contributed by atoms with Gasteiger partial charge in [0.05, 0.1) is 5.56 Å². The second-order valence-corrected chi connectivity index (χ2v) is 5.98. The summed E-state index contributed by atoms with van der Waals surface area (Å²) in [6.45, 7) is 7.96. The van der Waals surface area contributed by atoms with Crippen LogP contribution in [0.25, 0.3) is 11.1 Å². The highest BCUT2D eigenvalue weighted by Crippen LogP contribution is 2.31. The van der Waals surface area contributed by atoms with Crippen LogP contribution in [-0.2, 0) is 13.7 Å². The zero-order valence-electron chi connectivity index (χ0n) is 18.6. The van der Waals surface area contributed by atoms with E-state index in [4.69, 9.17) is 4.74 Å². The van der Waals surface area contributed by atoms with E-state index in [2.05, 4.69) is 5.18 Å². The molecule has 1 heterocycles. The molecule has 0 fully saturated rings. The largest absolute Gasteiger partial charge is 0.489 e. The fourth-order valence-electron chi connectivity index (χ4n) is 2.88. The summed E-state index contributed by atoms with van der Waals surface area (Å²) in [7, 11) is 1.54. The van der Waals surface area contributed by atoms with Crippen molar-refractivity contribution in [3.8, 4) is 22.9 Å². The van der Waals surface area contributed by atoms with Crippen molar-refractivity contribution in [3.63, 3.8) is 0 Å². The third-order valence-electron chi connectivity index (χ3n) is 4.06. The number of nitroso groups, excluding NO2 is 1. The van der Waals surface area contributed by atoms with Crippen molar-refractivity contribution in [2.24, 2.45) is 12.2 Å². The van der Waals surface area contributed by atoms with Crippen LogP contribution < -0.4 is 4.74 Å². The number of amides is 1. The maximum Gasteiger partial charge on any atom is 0.333 e. The number of benzene rings is 2. The Morgan fingerprint density at radius 1 is 1.06 bits per heavy atom. The van der Waals surface area contributed by atoms with Gasteiger partial charge in [-0.2, -0.15) is 5.26 Å². The molecule has 3 aromatic rings. The first-order valence-electron chi connectivity index (χ1n) is 10.1. The monoisotopic (exact) mass is 441 g/mol. The molecule has 32 heavy (non-hydrogen) atoms. The van der Waals surface area contributed by atoms with Gasteiger partial charge >= 0.3 is 5.91 Å². The Balaban J connectivity index is 0.00000121. The van der Waals surface area contributed by atoms with Crippen LogP contribution in [-0.4, -0.2) is 10.5 Å². The van der Waals surface area contributed by atoms with Crippen molar-refractivity contribution in [1.29, 1.82) is 5.26 Å². The number of aromatic nitrogens is 1. The van der Waals surface area contributed by atoms with Gasteiger partial charge in [0.2, 0.25) is 0 Å². The van der Waals surface area contributed by atoms with E-state index >= 15 is 0 Å². The molecular formula is C24H25F2N3O3. The molecule has 2 aromatic carbocycles. The average Bonchev–Trinajstić information content (AvgIpc) is 3.15. The summed E-state index contributed by atoms with van der Waals surface area (Å²) in [5.74, 6) is -1.94. The van der Waals surface area contributed by atoms with Crippen LogP contribution in [0.5, 0.6) is 5.75 Å². The number of aryl methyl sites for hydroxylation is 1. The first-order valence-corrected chi connectivity index (χ1v) is 10.1. The quantitative estimate of drug-likeness (QED) is 0.430. The molecule has 0 aliphatic rings. The Kier molecular flexibility index (Phi) is 10.4. The molecule has 0 N–H and O–H groups in total. The molecule has 168 valence electrons. The first kappa shape index (κ1) is 26.2. The first-order chi connectivity index (χ1) is 15.4. The molecule has 0 atom stereocenters. The minimum Gasteiger partial charge on any atom is -0.489 e. The van der Waals surface area contributed by atoms with Crippen molar-refractivity contribution >= 4 is 5.91 Å². The van der Waals surface area contributed by atoms with Crippen LogP contribution in [0.4, 0.5) is 8.78 Å². The third kappa shape index (κ3) is 6.32. The molecule has 0 aliphatic heterocycles. The number of ether oxygens (including phenoxy) is 1. The lowest BCUT2D eigenvalue weighted by atomic mass is 10.0. The van der Waals surface area contributed by atoms with E-state index in [9.17, 15) is 23.7 Å². The Labute approximate surface area is 186 Å². The summed E-state index contributed by atoms with van der Waals surface area (Å²) in [4.78, 5) is 22.5. The van der Waals surface area contributed by atoms with Crippen molar-refractivity contribution < 1.29 is 18.3 Å². The standard InChI is InChI=1S/C20H13F2N3O3.2C2H6/c1-25-10-14(9-23)18(19(25)20(26)24-27)13-2-4-17(5-3-13)28-11-12-6-15(21)8-16(22)7-12;2*1-2/h2-8,10H,11H2,1H3;2*1-2H3. The topological polar surface area (TPSA) is 84.4 Å². The van der Waals surface area contributed by atoms with E-state index in [-0.39, 0.29) is 17.9 Å². The average molecular weight is 441 g/mol. The van der Waals surface area contributed by atoms with Gasteiger partial charge in [-0.1, -0.05) is 39.8 Å². The highest BCUT2D eigenvalue weighted by molar-refractivity contribution is 6.01. The van der Waals surface area contributed by atoms with Gasteiger partial charge in [0.1, 0.15) is 35.8 Å². The van der Waals surface area contributed by atoms with E-state index < -0.39 is 17.5 Å². The molecule has 8 heteroatoms. The molecule has 0 unspecified atom stereocenters. The Hall–Kier alpha value is -3.86. The van der Waals surface area contributed by atoms with Gasteiger partial charge in [-0.25, -0.2) is 8.78 Å². The molecule has 0 saturated carbocycles. The van der Waals surface area contributed by atoms with Gasteiger partial charge < -0.3 is 9.30 Å². The normalized spacial score (nSPS) is 9.44. The van der Waals surface area contributed by atoms with Crippen LogP contribution in [0.3, 0.4) is 0 Å². The number of halogens is 2. The number of hydrogen-bond donors (Lipinski definition) is 0. The van der Waals surface area contributed by atoms with E-state index in [0.717, 1.165) is 6.07 Å². The van der Waals surface area contributed by atoms with E-state index in [1.54, 1.807) is 31.3 Å². The van der Waals surface area contributed by atoms with Crippen molar-refractivity contribution in [2.75, 3.05) is 0 Å². The van der Waals surface area contributed by atoms with E-state index in [1.807, 2.05) is 33.8 Å². The molecule has 3 rings (SSSR count). The third-order valence-corrected chi connectivity index (χ3v) is 4.06. The number of carbonyl (C=O) groups excluding carboxylic acids is 1. The fraction of sp³-hybridized carbons (Fsp3) is 0.250. The summed E-state index contributed by atoms with van der Waals surface area (Å²) in [5, 5.41) is 11.8. The highest BCUT2D eigenvalue weighted by atomic mass is 19.1. The van der Waals surface area contributed by atoms with Crippen LogP contribution in [0, 0.1) is 27.9 Å². The Bertz CT molecular complexity index is 1080. The Morgan fingerprint density at radius 3 is 2.12 bits per heavy atom. The fourth-order valence-corrected chi connectivity index (χ4v) is 2.88.